The van der Waals surface area contributed by atoms with E-state index in [4.69, 9.17) is 23.2 Å². The van der Waals surface area contributed by atoms with Crippen LogP contribution < -0.4 is 5.32 Å². The summed E-state index contributed by atoms with van der Waals surface area (Å²) in [7, 11) is 0. The molecule has 3 nitrogen and oxygen atoms in total. The van der Waals surface area contributed by atoms with Crippen molar-refractivity contribution in [1.29, 1.82) is 0 Å². The maximum Gasteiger partial charge on any atom is 0.255 e. The van der Waals surface area contributed by atoms with Gasteiger partial charge in [-0.3, -0.25) is 4.79 Å². The van der Waals surface area contributed by atoms with E-state index in [1.165, 1.54) is 6.07 Å². The van der Waals surface area contributed by atoms with Gasteiger partial charge in [-0.05, 0) is 42.8 Å². The minimum atomic E-state index is -0.533. The molecule has 2 N–H and O–H groups in total. The lowest BCUT2D eigenvalue weighted by molar-refractivity contribution is 0.102. The van der Waals surface area contributed by atoms with Gasteiger partial charge in [-0.15, -0.1) is 0 Å². The van der Waals surface area contributed by atoms with Gasteiger partial charge >= 0.3 is 0 Å². The Morgan fingerprint density at radius 3 is 2.30 bits per heavy atom. The molecule has 0 saturated heterocycles. The SMILES string of the molecule is C[C@H](O)c1ccc(NC(=O)c2ccc(Cl)c(Cl)c2)cc1. The molecular formula is C15H13Cl2NO2. The van der Waals surface area contributed by atoms with Gasteiger partial charge in [-0.2, -0.15) is 0 Å². The van der Waals surface area contributed by atoms with E-state index in [0.717, 1.165) is 5.56 Å². The number of benzene rings is 2. The van der Waals surface area contributed by atoms with Gasteiger partial charge in [0.25, 0.3) is 5.91 Å². The normalized spacial score (nSPS) is 12.0. The smallest absolute Gasteiger partial charge is 0.255 e. The Kier molecular flexibility index (Phi) is 4.65. The predicted octanol–water partition coefficient (Wildman–Crippen LogP) is 4.30. The summed E-state index contributed by atoms with van der Waals surface area (Å²) in [6.45, 7) is 1.68. The minimum Gasteiger partial charge on any atom is -0.389 e. The molecule has 0 spiro atoms. The molecule has 1 atom stereocenters. The molecule has 0 heterocycles. The van der Waals surface area contributed by atoms with Crippen LogP contribution in [0.5, 0.6) is 0 Å². The van der Waals surface area contributed by atoms with E-state index in [0.29, 0.717) is 21.3 Å². The van der Waals surface area contributed by atoms with Gasteiger partial charge < -0.3 is 10.4 Å². The van der Waals surface area contributed by atoms with Crippen LogP contribution in [-0.4, -0.2) is 11.0 Å². The molecule has 0 saturated carbocycles. The van der Waals surface area contributed by atoms with Crippen LogP contribution in [0.2, 0.25) is 10.0 Å². The number of carbonyl (C=O) groups excluding carboxylic acids is 1. The van der Waals surface area contributed by atoms with Crippen molar-refractivity contribution >= 4 is 34.8 Å². The van der Waals surface area contributed by atoms with E-state index in [9.17, 15) is 9.90 Å². The third-order valence-electron chi connectivity index (χ3n) is 2.83. The number of halogens is 2. The molecule has 104 valence electrons. The van der Waals surface area contributed by atoms with Gasteiger partial charge in [-0.1, -0.05) is 35.3 Å². The van der Waals surface area contributed by atoms with Crippen molar-refractivity contribution in [1.82, 2.24) is 0 Å². The molecule has 0 aliphatic carbocycles. The van der Waals surface area contributed by atoms with Gasteiger partial charge in [0.2, 0.25) is 0 Å². The lowest BCUT2D eigenvalue weighted by atomic mass is 10.1. The zero-order chi connectivity index (χ0) is 14.7. The summed E-state index contributed by atoms with van der Waals surface area (Å²) in [5.41, 5.74) is 1.86. The largest absolute Gasteiger partial charge is 0.389 e. The Hall–Kier alpha value is -1.55. The fourth-order valence-corrected chi connectivity index (χ4v) is 1.98. The summed E-state index contributed by atoms with van der Waals surface area (Å²) in [4.78, 5) is 12.0. The molecule has 0 aliphatic heterocycles. The van der Waals surface area contributed by atoms with E-state index < -0.39 is 6.10 Å². The molecule has 2 aromatic rings. The second-order valence-corrected chi connectivity index (χ2v) is 5.20. The molecule has 1 amide bonds. The third kappa shape index (κ3) is 3.51. The highest BCUT2D eigenvalue weighted by Crippen LogP contribution is 2.23. The van der Waals surface area contributed by atoms with Crippen molar-refractivity contribution in [3.8, 4) is 0 Å². The summed E-state index contributed by atoms with van der Waals surface area (Å²) < 4.78 is 0. The number of hydrogen-bond acceptors (Lipinski definition) is 2. The van der Waals surface area contributed by atoms with Gasteiger partial charge in [0.15, 0.2) is 0 Å². The minimum absolute atomic E-state index is 0.270. The number of nitrogens with one attached hydrogen (secondary N) is 1. The molecule has 2 aromatic carbocycles. The van der Waals surface area contributed by atoms with Gasteiger partial charge in [0, 0.05) is 11.3 Å². The molecule has 0 aromatic heterocycles. The molecule has 0 fully saturated rings. The van der Waals surface area contributed by atoms with Crippen LogP contribution in [0.3, 0.4) is 0 Å². The van der Waals surface area contributed by atoms with E-state index in [1.807, 2.05) is 0 Å². The first-order valence-corrected chi connectivity index (χ1v) is 6.77. The first kappa shape index (κ1) is 14.9. The topological polar surface area (TPSA) is 49.3 Å². The van der Waals surface area contributed by atoms with E-state index in [1.54, 1.807) is 43.3 Å². The van der Waals surface area contributed by atoms with E-state index >= 15 is 0 Å². The van der Waals surface area contributed by atoms with Crippen LogP contribution in [0, 0.1) is 0 Å². The number of rotatable bonds is 3. The second-order valence-electron chi connectivity index (χ2n) is 4.38. The fourth-order valence-electron chi connectivity index (χ4n) is 1.69. The predicted molar refractivity (Wildman–Crippen MR) is 81.5 cm³/mol. The Morgan fingerprint density at radius 2 is 1.75 bits per heavy atom. The Balaban J connectivity index is 2.12. The second kappa shape index (κ2) is 6.27. The highest BCUT2D eigenvalue weighted by Gasteiger charge is 2.09. The van der Waals surface area contributed by atoms with Crippen molar-refractivity contribution in [3.05, 3.63) is 63.6 Å². The maximum atomic E-state index is 12.0. The molecule has 0 bridgehead atoms. The van der Waals surface area contributed by atoms with Crippen molar-refractivity contribution in [2.24, 2.45) is 0 Å². The summed E-state index contributed by atoms with van der Waals surface area (Å²) in [5, 5.41) is 12.9. The summed E-state index contributed by atoms with van der Waals surface area (Å²) in [5.74, 6) is -0.270. The first-order valence-electron chi connectivity index (χ1n) is 6.02. The number of hydrogen-bond donors (Lipinski definition) is 2. The molecule has 0 unspecified atom stereocenters. The van der Waals surface area contributed by atoms with Crippen LogP contribution in [-0.2, 0) is 0 Å². The number of aliphatic hydroxyl groups excluding tert-OH is 1. The highest BCUT2D eigenvalue weighted by molar-refractivity contribution is 6.42. The molecule has 5 heteroatoms. The van der Waals surface area contributed by atoms with Crippen molar-refractivity contribution < 1.29 is 9.90 Å². The molecular weight excluding hydrogens is 297 g/mol. The van der Waals surface area contributed by atoms with Crippen molar-refractivity contribution in [2.45, 2.75) is 13.0 Å². The molecule has 2 rings (SSSR count). The number of amides is 1. The van der Waals surface area contributed by atoms with Crippen LogP contribution in [0.4, 0.5) is 5.69 Å². The Labute approximate surface area is 127 Å². The molecule has 20 heavy (non-hydrogen) atoms. The van der Waals surface area contributed by atoms with Crippen LogP contribution in [0.25, 0.3) is 0 Å². The van der Waals surface area contributed by atoms with Crippen LogP contribution >= 0.6 is 23.2 Å². The van der Waals surface area contributed by atoms with Crippen LogP contribution in [0.1, 0.15) is 28.9 Å². The van der Waals surface area contributed by atoms with Gasteiger partial charge in [0.05, 0.1) is 16.1 Å². The Morgan fingerprint density at radius 1 is 1.10 bits per heavy atom. The standard InChI is InChI=1S/C15H13Cl2NO2/c1-9(19)10-2-5-12(6-3-10)18-15(20)11-4-7-13(16)14(17)8-11/h2-9,19H,1H3,(H,18,20)/t9-/m0/s1. The van der Waals surface area contributed by atoms with E-state index in [-0.39, 0.29) is 5.91 Å². The average Bonchev–Trinajstić information content (AvgIpc) is 2.42. The monoisotopic (exact) mass is 309 g/mol. The van der Waals surface area contributed by atoms with Crippen molar-refractivity contribution in [2.75, 3.05) is 5.32 Å². The lowest BCUT2D eigenvalue weighted by Crippen LogP contribution is -2.11. The first-order chi connectivity index (χ1) is 9.47. The van der Waals surface area contributed by atoms with Crippen LogP contribution in [0.15, 0.2) is 42.5 Å². The number of aliphatic hydroxyl groups is 1. The van der Waals surface area contributed by atoms with E-state index in [2.05, 4.69) is 5.32 Å². The van der Waals surface area contributed by atoms with Crippen molar-refractivity contribution in [3.63, 3.8) is 0 Å². The summed E-state index contributed by atoms with van der Waals surface area (Å²) >= 11 is 11.7. The fraction of sp³-hybridized carbons (Fsp3) is 0.133. The lowest BCUT2D eigenvalue weighted by Gasteiger charge is -2.08. The Bertz CT molecular complexity index is 624. The molecule has 0 radical (unpaired) electrons. The highest BCUT2D eigenvalue weighted by atomic mass is 35.5. The van der Waals surface area contributed by atoms with Gasteiger partial charge in [0.1, 0.15) is 0 Å². The summed E-state index contributed by atoms with van der Waals surface area (Å²) in [6, 6.07) is 11.7. The van der Waals surface area contributed by atoms with Gasteiger partial charge in [-0.25, -0.2) is 0 Å². The number of anilines is 1. The average molecular weight is 310 g/mol. The maximum absolute atomic E-state index is 12.0. The quantitative estimate of drug-likeness (QED) is 0.888. The number of carbonyl (C=O) groups is 1. The molecule has 0 aliphatic rings. The zero-order valence-electron chi connectivity index (χ0n) is 10.7. The third-order valence-corrected chi connectivity index (χ3v) is 3.57. The summed E-state index contributed by atoms with van der Waals surface area (Å²) in [6.07, 6.45) is -0.533. The zero-order valence-corrected chi connectivity index (χ0v) is 12.2.